The maximum Gasteiger partial charge on any atom is 0.120 e. The average molecular weight is 263 g/mol. The van der Waals surface area contributed by atoms with Crippen molar-refractivity contribution >= 4 is 28.7 Å². The fourth-order valence-electron chi connectivity index (χ4n) is 1.78. The molecule has 2 aromatic carbocycles. The Morgan fingerprint density at radius 1 is 1.17 bits per heavy atom. The number of anilines is 3. The first-order valence-electron chi connectivity index (χ1n) is 5.55. The van der Waals surface area contributed by atoms with E-state index in [1.165, 1.54) is 0 Å². The minimum atomic E-state index is 0.558. The molecule has 0 aliphatic carbocycles. The predicted octanol–water partition coefficient (Wildman–Crippen LogP) is 3.70. The number of methoxy groups -OCH3 is 1. The maximum atomic E-state index is 6.03. The number of benzene rings is 2. The monoisotopic (exact) mass is 262 g/mol. The van der Waals surface area contributed by atoms with Gasteiger partial charge in [0.2, 0.25) is 0 Å². The number of hydrogen-bond donors (Lipinski definition) is 1. The van der Waals surface area contributed by atoms with Gasteiger partial charge in [-0.15, -0.1) is 0 Å². The van der Waals surface area contributed by atoms with Gasteiger partial charge in [0, 0.05) is 18.8 Å². The lowest BCUT2D eigenvalue weighted by Crippen LogP contribution is -2.11. The molecule has 3 nitrogen and oxygen atoms in total. The van der Waals surface area contributed by atoms with Crippen LogP contribution in [0.15, 0.2) is 42.5 Å². The van der Waals surface area contributed by atoms with Crippen molar-refractivity contribution in [1.82, 2.24) is 0 Å². The Balaban J connectivity index is 2.41. The topological polar surface area (TPSA) is 38.5 Å². The predicted molar refractivity (Wildman–Crippen MR) is 76.9 cm³/mol. The Kier molecular flexibility index (Phi) is 3.63. The van der Waals surface area contributed by atoms with Crippen molar-refractivity contribution in [2.45, 2.75) is 0 Å². The van der Waals surface area contributed by atoms with Gasteiger partial charge in [-0.3, -0.25) is 0 Å². The Labute approximate surface area is 112 Å². The first-order chi connectivity index (χ1) is 8.63. The molecule has 4 heteroatoms. The van der Waals surface area contributed by atoms with E-state index in [4.69, 9.17) is 22.1 Å². The molecular weight excluding hydrogens is 248 g/mol. The van der Waals surface area contributed by atoms with Crippen molar-refractivity contribution in [3.8, 4) is 5.75 Å². The minimum Gasteiger partial charge on any atom is -0.497 e. The van der Waals surface area contributed by atoms with Crippen molar-refractivity contribution in [2.24, 2.45) is 0 Å². The van der Waals surface area contributed by atoms with E-state index in [1.807, 2.05) is 48.3 Å². The van der Waals surface area contributed by atoms with Crippen LogP contribution in [0.2, 0.25) is 5.02 Å². The smallest absolute Gasteiger partial charge is 0.120 e. The van der Waals surface area contributed by atoms with Gasteiger partial charge in [-0.05, 0) is 24.3 Å². The van der Waals surface area contributed by atoms with Gasteiger partial charge in [0.25, 0.3) is 0 Å². The SMILES string of the molecule is COc1cccc(N(C)c2cccc(Cl)c2N)c1. The van der Waals surface area contributed by atoms with E-state index in [0.29, 0.717) is 10.7 Å². The molecule has 0 saturated carbocycles. The van der Waals surface area contributed by atoms with E-state index < -0.39 is 0 Å². The van der Waals surface area contributed by atoms with Crippen LogP contribution >= 0.6 is 11.6 Å². The van der Waals surface area contributed by atoms with Crippen LogP contribution in [0.25, 0.3) is 0 Å². The molecule has 0 aliphatic rings. The van der Waals surface area contributed by atoms with Crippen molar-refractivity contribution in [1.29, 1.82) is 0 Å². The summed E-state index contributed by atoms with van der Waals surface area (Å²) in [4.78, 5) is 1.98. The Morgan fingerprint density at radius 3 is 2.61 bits per heavy atom. The molecule has 0 fully saturated rings. The van der Waals surface area contributed by atoms with Crippen LogP contribution in [0.1, 0.15) is 0 Å². The molecule has 0 radical (unpaired) electrons. The number of hydrogen-bond acceptors (Lipinski definition) is 3. The fourth-order valence-corrected chi connectivity index (χ4v) is 1.95. The number of ether oxygens (including phenoxy) is 1. The Hall–Kier alpha value is -1.87. The average Bonchev–Trinajstić information content (AvgIpc) is 2.41. The summed E-state index contributed by atoms with van der Waals surface area (Å²) in [5.41, 5.74) is 8.42. The van der Waals surface area contributed by atoms with Crippen molar-refractivity contribution in [2.75, 3.05) is 24.8 Å². The third kappa shape index (κ3) is 2.36. The molecule has 2 rings (SSSR count). The van der Waals surface area contributed by atoms with Gasteiger partial charge in [0.1, 0.15) is 5.75 Å². The highest BCUT2D eigenvalue weighted by Crippen LogP contribution is 2.34. The molecular formula is C14H15ClN2O. The van der Waals surface area contributed by atoms with Gasteiger partial charge in [-0.25, -0.2) is 0 Å². The van der Waals surface area contributed by atoms with Crippen LogP contribution in [0.4, 0.5) is 17.1 Å². The lowest BCUT2D eigenvalue weighted by Gasteiger charge is -2.22. The largest absolute Gasteiger partial charge is 0.497 e. The first kappa shape index (κ1) is 12.6. The van der Waals surface area contributed by atoms with E-state index in [0.717, 1.165) is 17.1 Å². The van der Waals surface area contributed by atoms with Gasteiger partial charge >= 0.3 is 0 Å². The van der Waals surface area contributed by atoms with E-state index in [2.05, 4.69) is 0 Å². The van der Waals surface area contributed by atoms with Crippen LogP contribution in [-0.4, -0.2) is 14.2 Å². The molecule has 2 N–H and O–H groups in total. The summed E-state index contributed by atoms with van der Waals surface area (Å²) in [5.74, 6) is 0.806. The van der Waals surface area contributed by atoms with Crippen LogP contribution in [-0.2, 0) is 0 Å². The lowest BCUT2D eigenvalue weighted by molar-refractivity contribution is 0.415. The molecule has 0 unspecified atom stereocenters. The van der Waals surface area contributed by atoms with Crippen LogP contribution in [0.3, 0.4) is 0 Å². The maximum absolute atomic E-state index is 6.03. The molecule has 0 heterocycles. The van der Waals surface area contributed by atoms with Crippen LogP contribution in [0, 0.1) is 0 Å². The van der Waals surface area contributed by atoms with Gasteiger partial charge in [-0.2, -0.15) is 0 Å². The molecule has 2 aromatic rings. The molecule has 0 aromatic heterocycles. The number of nitrogens with two attached hydrogens (primary N) is 1. The highest BCUT2D eigenvalue weighted by molar-refractivity contribution is 6.33. The van der Waals surface area contributed by atoms with E-state index >= 15 is 0 Å². The zero-order valence-electron chi connectivity index (χ0n) is 10.4. The summed E-state index contributed by atoms with van der Waals surface area (Å²) in [7, 11) is 3.59. The first-order valence-corrected chi connectivity index (χ1v) is 5.93. The lowest BCUT2D eigenvalue weighted by atomic mass is 10.2. The zero-order chi connectivity index (χ0) is 13.1. The minimum absolute atomic E-state index is 0.558. The van der Waals surface area contributed by atoms with E-state index in [9.17, 15) is 0 Å². The quantitative estimate of drug-likeness (QED) is 0.858. The van der Waals surface area contributed by atoms with Gasteiger partial charge in [0.05, 0.1) is 23.5 Å². The molecule has 0 atom stereocenters. The second-order valence-corrected chi connectivity index (χ2v) is 4.34. The van der Waals surface area contributed by atoms with E-state index in [1.54, 1.807) is 13.2 Å². The Morgan fingerprint density at radius 2 is 1.89 bits per heavy atom. The van der Waals surface area contributed by atoms with Crippen LogP contribution in [0.5, 0.6) is 5.75 Å². The molecule has 0 amide bonds. The number of nitrogen functional groups attached to an aromatic ring is 1. The van der Waals surface area contributed by atoms with Gasteiger partial charge < -0.3 is 15.4 Å². The second kappa shape index (κ2) is 5.19. The summed E-state index contributed by atoms with van der Waals surface area (Å²) in [5, 5.41) is 0.558. The van der Waals surface area contributed by atoms with Crippen LogP contribution < -0.4 is 15.4 Å². The third-order valence-electron chi connectivity index (χ3n) is 2.83. The summed E-state index contributed by atoms with van der Waals surface area (Å²) in [6.07, 6.45) is 0. The third-order valence-corrected chi connectivity index (χ3v) is 3.16. The number of nitrogens with zero attached hydrogens (tertiary/aromatic N) is 1. The zero-order valence-corrected chi connectivity index (χ0v) is 11.1. The van der Waals surface area contributed by atoms with Crippen molar-refractivity contribution in [3.63, 3.8) is 0 Å². The van der Waals surface area contributed by atoms with Gasteiger partial charge in [0.15, 0.2) is 0 Å². The summed E-state index contributed by atoms with van der Waals surface area (Å²) in [6, 6.07) is 13.4. The summed E-state index contributed by atoms with van der Waals surface area (Å²) in [6.45, 7) is 0. The molecule has 18 heavy (non-hydrogen) atoms. The van der Waals surface area contributed by atoms with Crippen molar-refractivity contribution < 1.29 is 4.74 Å². The molecule has 0 bridgehead atoms. The summed E-state index contributed by atoms with van der Waals surface area (Å²) >= 11 is 6.03. The second-order valence-electron chi connectivity index (χ2n) is 3.93. The van der Waals surface area contributed by atoms with Crippen molar-refractivity contribution in [3.05, 3.63) is 47.5 Å². The van der Waals surface area contributed by atoms with Gasteiger partial charge in [-0.1, -0.05) is 23.7 Å². The van der Waals surface area contributed by atoms with E-state index in [-0.39, 0.29) is 0 Å². The number of rotatable bonds is 3. The standard InChI is InChI=1S/C14H15ClN2O/c1-17(10-5-3-6-11(9-10)18-2)13-8-4-7-12(15)14(13)16/h3-9H,16H2,1-2H3. The summed E-state index contributed by atoms with van der Waals surface area (Å²) < 4.78 is 5.21. The highest BCUT2D eigenvalue weighted by atomic mass is 35.5. The fraction of sp³-hybridized carbons (Fsp3) is 0.143. The molecule has 0 aliphatic heterocycles. The number of para-hydroxylation sites is 1. The molecule has 0 spiro atoms. The molecule has 0 saturated heterocycles. The normalized spacial score (nSPS) is 10.2. The molecule has 94 valence electrons. The highest BCUT2D eigenvalue weighted by Gasteiger charge is 2.10. The number of halogens is 1. The Bertz CT molecular complexity index is 557.